The Labute approximate surface area is 121 Å². The first-order valence-corrected chi connectivity index (χ1v) is 7.21. The molecule has 0 unspecified atom stereocenters. The zero-order valence-electron chi connectivity index (χ0n) is 11.0. The Morgan fingerprint density at radius 2 is 2.00 bits per heavy atom. The van der Waals surface area contributed by atoms with E-state index < -0.39 is 25.5 Å². The van der Waals surface area contributed by atoms with Gasteiger partial charge in [0.05, 0.1) is 16.8 Å². The van der Waals surface area contributed by atoms with Gasteiger partial charge in [-0.2, -0.15) is 0 Å². The molecule has 2 aromatic rings. The molecule has 0 fully saturated rings. The molecule has 0 amide bonds. The number of hydrogen-bond donors (Lipinski definition) is 1. The largest absolute Gasteiger partial charge is 0.393 e. The fourth-order valence-corrected chi connectivity index (χ4v) is 3.14. The number of hydrogen-bond acceptors (Lipinski definition) is 6. The molecule has 0 spiro atoms. The maximum atomic E-state index is 12.5. The second kappa shape index (κ2) is 5.37. The van der Waals surface area contributed by atoms with Crippen molar-refractivity contribution in [3.05, 3.63) is 52.8 Å². The van der Waals surface area contributed by atoms with Crippen molar-refractivity contribution in [2.24, 2.45) is 0 Å². The average molecular weight is 308 g/mol. The van der Waals surface area contributed by atoms with Crippen LogP contribution in [0.5, 0.6) is 0 Å². The molecule has 0 aliphatic rings. The Kier molecular flexibility index (Phi) is 3.76. The standard InChI is InChI=1S/C12H12N4O4S/c1-15(9-4-3-7-14-8-9)21(19,20)11-6-2-5-10(13)12(11)16(17)18/h2-8H,13H2,1H3. The van der Waals surface area contributed by atoms with E-state index in [1.807, 2.05) is 0 Å². The minimum Gasteiger partial charge on any atom is -0.393 e. The molecule has 0 aliphatic heterocycles. The lowest BCUT2D eigenvalue weighted by molar-refractivity contribution is -0.386. The number of nitrogen functional groups attached to an aromatic ring is 1. The molecular weight excluding hydrogens is 296 g/mol. The van der Waals surface area contributed by atoms with E-state index in [0.29, 0.717) is 0 Å². The maximum Gasteiger partial charge on any atom is 0.312 e. The third-order valence-corrected chi connectivity index (χ3v) is 4.68. The summed E-state index contributed by atoms with van der Waals surface area (Å²) in [5, 5.41) is 11.1. The van der Waals surface area contributed by atoms with Gasteiger partial charge in [0.25, 0.3) is 10.0 Å². The fourth-order valence-electron chi connectivity index (χ4n) is 1.77. The molecule has 0 saturated heterocycles. The first-order chi connectivity index (χ1) is 9.85. The van der Waals surface area contributed by atoms with Gasteiger partial charge in [-0.1, -0.05) is 6.07 Å². The second-order valence-electron chi connectivity index (χ2n) is 4.13. The highest BCUT2D eigenvalue weighted by Gasteiger charge is 2.31. The Morgan fingerprint density at radius 1 is 1.29 bits per heavy atom. The van der Waals surface area contributed by atoms with Crippen molar-refractivity contribution in [3.8, 4) is 0 Å². The first-order valence-electron chi connectivity index (χ1n) is 5.77. The van der Waals surface area contributed by atoms with Crippen molar-refractivity contribution in [1.82, 2.24) is 4.98 Å². The van der Waals surface area contributed by atoms with Crippen LogP contribution in [0, 0.1) is 10.1 Å². The van der Waals surface area contributed by atoms with Gasteiger partial charge in [0.2, 0.25) is 0 Å². The summed E-state index contributed by atoms with van der Waals surface area (Å²) < 4.78 is 26.0. The van der Waals surface area contributed by atoms with Crippen LogP contribution >= 0.6 is 0 Å². The predicted molar refractivity (Wildman–Crippen MR) is 77.3 cm³/mol. The van der Waals surface area contributed by atoms with Gasteiger partial charge in [-0.25, -0.2) is 8.42 Å². The van der Waals surface area contributed by atoms with Crippen LogP contribution in [-0.4, -0.2) is 25.4 Å². The summed E-state index contributed by atoms with van der Waals surface area (Å²) in [5.74, 6) is 0. The van der Waals surface area contributed by atoms with Crippen LogP contribution in [0.4, 0.5) is 17.1 Å². The second-order valence-corrected chi connectivity index (χ2v) is 6.07. The van der Waals surface area contributed by atoms with Crippen LogP contribution in [0.25, 0.3) is 0 Å². The number of aromatic nitrogens is 1. The molecule has 0 aliphatic carbocycles. The molecule has 0 saturated carbocycles. The van der Waals surface area contributed by atoms with Gasteiger partial charge >= 0.3 is 5.69 Å². The Morgan fingerprint density at radius 3 is 2.57 bits per heavy atom. The summed E-state index contributed by atoms with van der Waals surface area (Å²) in [6.07, 6.45) is 2.84. The van der Waals surface area contributed by atoms with Crippen LogP contribution in [0.2, 0.25) is 0 Å². The van der Waals surface area contributed by atoms with E-state index in [0.717, 1.165) is 10.4 Å². The Balaban J connectivity index is 2.61. The number of pyridine rings is 1. The number of nitrogens with two attached hydrogens (primary N) is 1. The van der Waals surface area contributed by atoms with E-state index in [-0.39, 0.29) is 11.4 Å². The zero-order valence-corrected chi connectivity index (χ0v) is 11.8. The topological polar surface area (TPSA) is 119 Å². The average Bonchev–Trinajstić information content (AvgIpc) is 2.46. The fraction of sp³-hybridized carbons (Fsp3) is 0.0833. The normalized spacial score (nSPS) is 11.1. The van der Waals surface area contributed by atoms with Crippen LogP contribution < -0.4 is 10.0 Å². The molecule has 1 heterocycles. The quantitative estimate of drug-likeness (QED) is 0.518. The molecule has 21 heavy (non-hydrogen) atoms. The number of nitro groups is 1. The van der Waals surface area contributed by atoms with E-state index in [2.05, 4.69) is 4.98 Å². The molecular formula is C12H12N4O4S. The zero-order chi connectivity index (χ0) is 15.6. The van der Waals surface area contributed by atoms with Crippen molar-refractivity contribution in [2.45, 2.75) is 4.90 Å². The van der Waals surface area contributed by atoms with E-state index >= 15 is 0 Å². The summed E-state index contributed by atoms with van der Waals surface area (Å²) in [7, 11) is -2.83. The van der Waals surface area contributed by atoms with Gasteiger partial charge in [0, 0.05) is 13.2 Å². The summed E-state index contributed by atoms with van der Waals surface area (Å²) in [6, 6.07) is 6.88. The highest BCUT2D eigenvalue weighted by atomic mass is 32.2. The Hall–Kier alpha value is -2.68. The van der Waals surface area contributed by atoms with Crippen LogP contribution in [-0.2, 0) is 10.0 Å². The number of benzene rings is 1. The van der Waals surface area contributed by atoms with Crippen LogP contribution in [0.1, 0.15) is 0 Å². The number of nitro benzene ring substituents is 1. The lowest BCUT2D eigenvalue weighted by Gasteiger charge is -2.19. The molecule has 1 aromatic heterocycles. The number of anilines is 2. The highest BCUT2D eigenvalue weighted by Crippen LogP contribution is 2.32. The van der Waals surface area contributed by atoms with E-state index in [4.69, 9.17) is 5.73 Å². The predicted octanol–water partition coefficient (Wildman–Crippen LogP) is 1.40. The third-order valence-electron chi connectivity index (χ3n) is 2.86. The van der Waals surface area contributed by atoms with Crippen molar-refractivity contribution in [2.75, 3.05) is 17.1 Å². The van der Waals surface area contributed by atoms with Crippen LogP contribution in [0.3, 0.4) is 0 Å². The summed E-state index contributed by atoms with van der Waals surface area (Å²) in [6.45, 7) is 0. The monoisotopic (exact) mass is 308 g/mol. The highest BCUT2D eigenvalue weighted by molar-refractivity contribution is 7.93. The molecule has 8 nitrogen and oxygen atoms in total. The molecule has 0 atom stereocenters. The molecule has 0 bridgehead atoms. The van der Waals surface area contributed by atoms with Gasteiger partial charge in [0.15, 0.2) is 4.90 Å². The lowest BCUT2D eigenvalue weighted by Crippen LogP contribution is -2.27. The molecule has 110 valence electrons. The third kappa shape index (κ3) is 2.63. The first kappa shape index (κ1) is 14.7. The van der Waals surface area contributed by atoms with Gasteiger partial charge in [-0.15, -0.1) is 0 Å². The van der Waals surface area contributed by atoms with E-state index in [1.54, 1.807) is 6.07 Å². The lowest BCUT2D eigenvalue weighted by atomic mass is 10.3. The summed E-state index contributed by atoms with van der Waals surface area (Å²) >= 11 is 0. The minimum atomic E-state index is -4.12. The number of nitrogens with zero attached hydrogens (tertiary/aromatic N) is 3. The van der Waals surface area contributed by atoms with E-state index in [9.17, 15) is 18.5 Å². The van der Waals surface area contributed by atoms with Gasteiger partial charge < -0.3 is 5.73 Å². The summed E-state index contributed by atoms with van der Waals surface area (Å²) in [5.41, 5.74) is 4.97. The number of sulfonamides is 1. The summed E-state index contributed by atoms with van der Waals surface area (Å²) in [4.78, 5) is 13.6. The van der Waals surface area contributed by atoms with Crippen molar-refractivity contribution >= 4 is 27.1 Å². The van der Waals surface area contributed by atoms with Crippen molar-refractivity contribution in [3.63, 3.8) is 0 Å². The number of rotatable bonds is 4. The molecule has 1 aromatic carbocycles. The van der Waals surface area contributed by atoms with Crippen molar-refractivity contribution < 1.29 is 13.3 Å². The number of para-hydroxylation sites is 1. The molecule has 9 heteroatoms. The SMILES string of the molecule is CN(c1cccnc1)S(=O)(=O)c1cccc(N)c1[N+](=O)[O-]. The maximum absolute atomic E-state index is 12.5. The van der Waals surface area contributed by atoms with Gasteiger partial charge in [0.1, 0.15) is 5.69 Å². The molecule has 2 rings (SSSR count). The molecule has 2 N–H and O–H groups in total. The Bertz CT molecular complexity index is 777. The van der Waals surface area contributed by atoms with Crippen molar-refractivity contribution in [1.29, 1.82) is 0 Å². The smallest absolute Gasteiger partial charge is 0.312 e. The molecule has 0 radical (unpaired) electrons. The van der Waals surface area contributed by atoms with Gasteiger partial charge in [-0.3, -0.25) is 19.4 Å². The minimum absolute atomic E-state index is 0.208. The van der Waals surface area contributed by atoms with Gasteiger partial charge in [-0.05, 0) is 24.3 Å². The van der Waals surface area contributed by atoms with Crippen LogP contribution in [0.15, 0.2) is 47.6 Å². The van der Waals surface area contributed by atoms with E-state index in [1.165, 1.54) is 37.6 Å².